The minimum Gasteiger partial charge on any atom is -0.507 e. The fraction of sp³-hybridized carbons (Fsp3) is 0.467. The number of benzene rings is 1. The Morgan fingerprint density at radius 3 is 2.76 bits per heavy atom. The van der Waals surface area contributed by atoms with Gasteiger partial charge in [-0.3, -0.25) is 4.79 Å². The molecule has 0 bridgehead atoms. The molecule has 2 aliphatic rings. The molecule has 0 aromatic heterocycles. The van der Waals surface area contributed by atoms with Gasteiger partial charge in [0, 0.05) is 11.6 Å². The van der Waals surface area contributed by atoms with E-state index < -0.39 is 17.9 Å². The summed E-state index contributed by atoms with van der Waals surface area (Å²) in [7, 11) is 0. The number of likely N-dealkylation sites (tertiary alicyclic amines) is 1. The lowest BCUT2D eigenvalue weighted by Gasteiger charge is -2.24. The summed E-state index contributed by atoms with van der Waals surface area (Å²) in [6.07, 6.45) is 2.82. The quantitative estimate of drug-likeness (QED) is 0.879. The molecule has 6 heteroatoms. The third-order valence-corrected chi connectivity index (χ3v) is 4.83. The van der Waals surface area contributed by atoms with E-state index in [0.717, 1.165) is 19.3 Å². The molecular weight excluding hydrogens is 294 g/mol. The maximum absolute atomic E-state index is 12.6. The zero-order valence-corrected chi connectivity index (χ0v) is 12.1. The number of carbonyl (C=O) groups is 2. The second-order valence-corrected chi connectivity index (χ2v) is 6.19. The molecule has 1 aromatic rings. The Morgan fingerprint density at radius 1 is 1.29 bits per heavy atom. The molecule has 1 aliphatic carbocycles. The van der Waals surface area contributed by atoms with Gasteiger partial charge in [-0.15, -0.1) is 0 Å². The van der Waals surface area contributed by atoms with Gasteiger partial charge >= 0.3 is 5.97 Å². The lowest BCUT2D eigenvalue weighted by Crippen LogP contribution is -2.43. The van der Waals surface area contributed by atoms with Gasteiger partial charge in [-0.2, -0.15) is 0 Å². The third kappa shape index (κ3) is 2.35. The van der Waals surface area contributed by atoms with Gasteiger partial charge in [-0.05, 0) is 42.9 Å². The lowest BCUT2D eigenvalue weighted by atomic mass is 9.94. The van der Waals surface area contributed by atoms with Crippen molar-refractivity contribution in [1.29, 1.82) is 0 Å². The fourth-order valence-corrected chi connectivity index (χ4v) is 3.84. The van der Waals surface area contributed by atoms with Crippen LogP contribution in [0.25, 0.3) is 0 Å². The molecule has 5 nitrogen and oxygen atoms in total. The maximum Gasteiger partial charge on any atom is 0.326 e. The number of carboxylic acids is 1. The highest BCUT2D eigenvalue weighted by Crippen LogP contribution is 2.43. The minimum atomic E-state index is -0.973. The van der Waals surface area contributed by atoms with Gasteiger partial charge < -0.3 is 15.1 Å². The van der Waals surface area contributed by atoms with Crippen molar-refractivity contribution < 1.29 is 19.8 Å². The van der Waals surface area contributed by atoms with Gasteiger partial charge in [-0.1, -0.05) is 18.0 Å². The number of rotatable bonds is 2. The largest absolute Gasteiger partial charge is 0.507 e. The van der Waals surface area contributed by atoms with Crippen molar-refractivity contribution in [1.82, 2.24) is 4.90 Å². The SMILES string of the molecule is O=C(O)C1C2CCCC2CN1C(=O)c1cc(Cl)ccc1O. The highest BCUT2D eigenvalue weighted by molar-refractivity contribution is 6.31. The Kier molecular flexibility index (Phi) is 3.53. The Morgan fingerprint density at radius 2 is 2.05 bits per heavy atom. The Labute approximate surface area is 127 Å². The number of carbonyl (C=O) groups excluding carboxylic acids is 1. The molecule has 1 aromatic carbocycles. The number of hydrogen-bond donors (Lipinski definition) is 2. The van der Waals surface area contributed by atoms with Crippen LogP contribution in [0.5, 0.6) is 5.75 Å². The number of aromatic hydroxyl groups is 1. The molecule has 1 saturated carbocycles. The van der Waals surface area contributed by atoms with Crippen molar-refractivity contribution in [2.24, 2.45) is 11.8 Å². The number of hydrogen-bond acceptors (Lipinski definition) is 3. The van der Waals surface area contributed by atoms with E-state index in [-0.39, 0.29) is 23.1 Å². The summed E-state index contributed by atoms with van der Waals surface area (Å²) in [4.78, 5) is 25.5. The molecule has 1 aliphatic heterocycles. The monoisotopic (exact) mass is 309 g/mol. The number of carboxylic acid groups (broad SMARTS) is 1. The first-order valence-electron chi connectivity index (χ1n) is 7.01. The number of nitrogens with zero attached hydrogens (tertiary/aromatic N) is 1. The van der Waals surface area contributed by atoms with E-state index in [4.69, 9.17) is 11.6 Å². The standard InChI is InChI=1S/C15H16ClNO4/c16-9-4-5-12(18)11(6-9)14(19)17-7-8-2-1-3-10(8)13(17)15(20)21/h4-6,8,10,13,18H,1-3,7H2,(H,20,21). The van der Waals surface area contributed by atoms with Gasteiger partial charge in [0.15, 0.2) is 0 Å². The van der Waals surface area contributed by atoms with Crippen molar-refractivity contribution in [3.05, 3.63) is 28.8 Å². The predicted molar refractivity (Wildman–Crippen MR) is 76.4 cm³/mol. The summed E-state index contributed by atoms with van der Waals surface area (Å²) in [6.45, 7) is 0.437. The molecular formula is C15H16ClNO4. The molecule has 1 saturated heterocycles. The molecule has 2 fully saturated rings. The lowest BCUT2D eigenvalue weighted by molar-refractivity contribution is -0.142. The number of halogens is 1. The second kappa shape index (κ2) is 5.22. The molecule has 3 rings (SSSR count). The molecule has 2 N–H and O–H groups in total. The molecule has 0 radical (unpaired) electrons. The van der Waals surface area contributed by atoms with E-state index in [9.17, 15) is 19.8 Å². The number of phenols is 1. The van der Waals surface area contributed by atoms with Crippen LogP contribution >= 0.6 is 11.6 Å². The van der Waals surface area contributed by atoms with Gasteiger partial charge in [0.25, 0.3) is 5.91 Å². The minimum absolute atomic E-state index is 0.0211. The van der Waals surface area contributed by atoms with E-state index >= 15 is 0 Å². The van der Waals surface area contributed by atoms with Gasteiger partial charge in [-0.25, -0.2) is 4.79 Å². The highest BCUT2D eigenvalue weighted by Gasteiger charge is 2.49. The van der Waals surface area contributed by atoms with Crippen molar-refractivity contribution in [2.45, 2.75) is 25.3 Å². The molecule has 1 heterocycles. The molecule has 0 spiro atoms. The Bertz CT molecular complexity index is 603. The number of amides is 1. The summed E-state index contributed by atoms with van der Waals surface area (Å²) >= 11 is 5.86. The normalized spacial score (nSPS) is 27.7. The second-order valence-electron chi connectivity index (χ2n) is 5.76. The summed E-state index contributed by atoms with van der Waals surface area (Å²) in [5.74, 6) is -1.34. The first kappa shape index (κ1) is 14.2. The van der Waals surface area contributed by atoms with Crippen LogP contribution in [0.15, 0.2) is 18.2 Å². The van der Waals surface area contributed by atoms with Gasteiger partial charge in [0.2, 0.25) is 0 Å². The van der Waals surface area contributed by atoms with Crippen LogP contribution in [0.1, 0.15) is 29.6 Å². The molecule has 1 amide bonds. The zero-order valence-electron chi connectivity index (χ0n) is 11.3. The van der Waals surface area contributed by atoms with Crippen molar-refractivity contribution in [2.75, 3.05) is 6.54 Å². The van der Waals surface area contributed by atoms with Crippen LogP contribution in [0.2, 0.25) is 5.02 Å². The van der Waals surface area contributed by atoms with Crippen molar-refractivity contribution in [3.63, 3.8) is 0 Å². The van der Waals surface area contributed by atoms with Gasteiger partial charge in [0.05, 0.1) is 5.56 Å². The number of phenolic OH excluding ortho intramolecular Hbond substituents is 1. The summed E-state index contributed by atoms with van der Waals surface area (Å²) in [5, 5.41) is 19.6. The summed E-state index contributed by atoms with van der Waals surface area (Å²) in [6, 6.07) is 3.42. The van der Waals surface area contributed by atoms with E-state index in [2.05, 4.69) is 0 Å². The van der Waals surface area contributed by atoms with E-state index in [1.54, 1.807) is 0 Å². The van der Waals surface area contributed by atoms with Crippen LogP contribution in [-0.4, -0.2) is 39.6 Å². The summed E-state index contributed by atoms with van der Waals surface area (Å²) < 4.78 is 0. The zero-order chi connectivity index (χ0) is 15.1. The van der Waals surface area contributed by atoms with E-state index in [1.165, 1.54) is 23.1 Å². The molecule has 112 valence electrons. The maximum atomic E-state index is 12.6. The Hall–Kier alpha value is -1.75. The predicted octanol–water partition coefficient (Wildman–Crippen LogP) is 2.37. The van der Waals surface area contributed by atoms with E-state index in [0.29, 0.717) is 11.6 Å². The molecule has 3 atom stereocenters. The topological polar surface area (TPSA) is 77.8 Å². The number of aliphatic carboxylic acids is 1. The van der Waals surface area contributed by atoms with Crippen LogP contribution in [0.4, 0.5) is 0 Å². The summed E-state index contributed by atoms with van der Waals surface area (Å²) in [5.41, 5.74) is 0.0636. The van der Waals surface area contributed by atoms with Gasteiger partial charge in [0.1, 0.15) is 11.8 Å². The third-order valence-electron chi connectivity index (χ3n) is 4.59. The smallest absolute Gasteiger partial charge is 0.326 e. The average molecular weight is 310 g/mol. The van der Waals surface area contributed by atoms with E-state index in [1.807, 2.05) is 0 Å². The Balaban J connectivity index is 1.93. The van der Waals surface area contributed by atoms with Crippen LogP contribution < -0.4 is 0 Å². The van der Waals surface area contributed by atoms with Crippen LogP contribution in [0, 0.1) is 11.8 Å². The van der Waals surface area contributed by atoms with Crippen LogP contribution in [0.3, 0.4) is 0 Å². The highest BCUT2D eigenvalue weighted by atomic mass is 35.5. The molecule has 3 unspecified atom stereocenters. The number of fused-ring (bicyclic) bond motifs is 1. The average Bonchev–Trinajstić information content (AvgIpc) is 3.00. The van der Waals surface area contributed by atoms with Crippen molar-refractivity contribution >= 4 is 23.5 Å². The fourth-order valence-electron chi connectivity index (χ4n) is 3.67. The first-order valence-corrected chi connectivity index (χ1v) is 7.39. The molecule has 21 heavy (non-hydrogen) atoms. The van der Waals surface area contributed by atoms with Crippen LogP contribution in [-0.2, 0) is 4.79 Å². The first-order chi connectivity index (χ1) is 9.99. The van der Waals surface area contributed by atoms with Crippen molar-refractivity contribution in [3.8, 4) is 5.75 Å².